The molecule has 0 saturated heterocycles. The molecule has 266 valence electrons. The van der Waals surface area contributed by atoms with Crippen LogP contribution in [0, 0.1) is 23.7 Å². The molecule has 0 spiro atoms. The van der Waals surface area contributed by atoms with Gasteiger partial charge in [-0.2, -0.15) is 0 Å². The van der Waals surface area contributed by atoms with Crippen molar-refractivity contribution in [1.29, 1.82) is 0 Å². The zero-order chi connectivity index (χ0) is 35.9. The second-order valence-electron chi connectivity index (χ2n) is 15.2. The number of rotatable bonds is 10. The topological polar surface area (TPSA) is 52.6 Å². The number of carbonyl (C=O) groups excluding carboxylic acids is 2. The minimum absolute atomic E-state index is 0.0836. The van der Waals surface area contributed by atoms with Crippen molar-refractivity contribution in [2.24, 2.45) is 23.7 Å². The molecule has 4 nitrogen and oxygen atoms in total. The molecular formula is C48H50O4. The average molecular weight is 691 g/mol. The Kier molecular flexibility index (Phi) is 11.3. The van der Waals surface area contributed by atoms with Gasteiger partial charge in [-0.3, -0.25) is 0 Å². The molecule has 5 aromatic rings. The summed E-state index contributed by atoms with van der Waals surface area (Å²) in [6, 6.07) is 49.3. The summed E-state index contributed by atoms with van der Waals surface area (Å²) in [6.07, 6.45) is 5.00. The number of hydrogen-bond acceptors (Lipinski definition) is 4. The molecule has 2 fully saturated rings. The van der Waals surface area contributed by atoms with Crippen LogP contribution in [0.15, 0.2) is 146 Å². The summed E-state index contributed by atoms with van der Waals surface area (Å²) in [5.41, 5.74) is 5.42. The third-order valence-electron chi connectivity index (χ3n) is 11.6. The minimum atomic E-state index is -0.462. The number of carbonyl (C=O) groups is 2. The Hall–Kier alpha value is -4.96. The largest absolute Gasteiger partial charge is 0.458 e. The van der Waals surface area contributed by atoms with Crippen molar-refractivity contribution in [3.63, 3.8) is 0 Å². The first kappa shape index (κ1) is 35.4. The van der Waals surface area contributed by atoms with Crippen molar-refractivity contribution in [3.8, 4) is 0 Å². The fraction of sp³-hybridized carbons (Fsp3) is 0.333. The summed E-state index contributed by atoms with van der Waals surface area (Å²) in [7, 11) is 0. The first-order valence-corrected chi connectivity index (χ1v) is 19.2. The first-order chi connectivity index (χ1) is 25.5. The monoisotopic (exact) mass is 690 g/mol. The van der Waals surface area contributed by atoms with Crippen LogP contribution in [0.1, 0.15) is 107 Å². The van der Waals surface area contributed by atoms with Crippen molar-refractivity contribution < 1.29 is 19.1 Å². The molecule has 0 unspecified atom stereocenters. The lowest BCUT2D eigenvalue weighted by Gasteiger charge is -2.40. The fourth-order valence-electron chi connectivity index (χ4n) is 8.99. The number of benzene rings is 5. The van der Waals surface area contributed by atoms with E-state index in [1.807, 2.05) is 24.3 Å². The molecule has 6 atom stereocenters. The van der Waals surface area contributed by atoms with Gasteiger partial charge in [0, 0.05) is 23.7 Å². The van der Waals surface area contributed by atoms with Crippen LogP contribution in [0.5, 0.6) is 0 Å². The van der Waals surface area contributed by atoms with E-state index in [1.54, 1.807) is 24.3 Å². The summed E-state index contributed by atoms with van der Waals surface area (Å²) in [6.45, 7) is 4.48. The molecule has 0 N–H and O–H groups in total. The van der Waals surface area contributed by atoms with Gasteiger partial charge in [-0.05, 0) is 71.9 Å². The van der Waals surface area contributed by atoms with Gasteiger partial charge in [-0.1, -0.05) is 160 Å². The van der Waals surface area contributed by atoms with Gasteiger partial charge in [0.05, 0.1) is 11.1 Å². The van der Waals surface area contributed by atoms with Gasteiger partial charge in [0.15, 0.2) is 0 Å². The highest BCUT2D eigenvalue weighted by atomic mass is 16.6. The molecule has 2 saturated carbocycles. The van der Waals surface area contributed by atoms with Gasteiger partial charge in [0.1, 0.15) is 12.2 Å². The van der Waals surface area contributed by atoms with Crippen LogP contribution >= 0.6 is 0 Å². The van der Waals surface area contributed by atoms with Crippen LogP contribution in [0.25, 0.3) is 0 Å². The zero-order valence-corrected chi connectivity index (χ0v) is 30.4. The van der Waals surface area contributed by atoms with E-state index in [-0.39, 0.29) is 47.0 Å². The molecule has 0 aliphatic heterocycles. The summed E-state index contributed by atoms with van der Waals surface area (Å²) >= 11 is 0. The van der Waals surface area contributed by atoms with Crippen molar-refractivity contribution in [1.82, 2.24) is 0 Å². The Labute approximate surface area is 309 Å². The molecule has 0 amide bonds. The summed E-state index contributed by atoms with van der Waals surface area (Å²) in [5.74, 6) is 0.291. The highest BCUT2D eigenvalue weighted by Gasteiger charge is 2.41. The van der Waals surface area contributed by atoms with Gasteiger partial charge in [-0.25, -0.2) is 9.59 Å². The summed E-state index contributed by atoms with van der Waals surface area (Å²) in [4.78, 5) is 28.5. The molecule has 2 aliphatic carbocycles. The standard InChI is InChI=1S/C48H50O4/c1-33-27-29-41(45(35-17-7-3-8-18-35)36-19-9-4-10-20-36)43(31-33)51-47(49)39-25-15-16-26-40(39)48(50)52-44-32-34(2)28-30-42(44)46(37-21-11-5-12-22-37)38-23-13-6-14-24-38/h3-26,33-34,41-46H,27-32H2,1-2H3/t33-,34-,41-,42-,43-,44-/m1/s1. The predicted molar refractivity (Wildman–Crippen MR) is 207 cm³/mol. The number of esters is 2. The van der Waals surface area contributed by atoms with E-state index in [0.717, 1.165) is 38.5 Å². The van der Waals surface area contributed by atoms with Crippen LogP contribution < -0.4 is 0 Å². The second-order valence-corrected chi connectivity index (χ2v) is 15.2. The molecule has 0 aromatic heterocycles. The van der Waals surface area contributed by atoms with Crippen LogP contribution in [0.4, 0.5) is 0 Å². The Bertz CT molecular complexity index is 1670. The Morgan fingerprint density at radius 3 is 1.04 bits per heavy atom. The lowest BCUT2D eigenvalue weighted by atomic mass is 9.69. The Balaban J connectivity index is 1.15. The van der Waals surface area contributed by atoms with E-state index >= 15 is 0 Å². The molecule has 0 bridgehead atoms. The third kappa shape index (κ3) is 8.07. The van der Waals surface area contributed by atoms with E-state index in [4.69, 9.17) is 9.47 Å². The molecule has 7 rings (SSSR count). The van der Waals surface area contributed by atoms with Crippen LogP contribution in [-0.2, 0) is 9.47 Å². The number of hydrogen-bond donors (Lipinski definition) is 0. The maximum Gasteiger partial charge on any atom is 0.339 e. The van der Waals surface area contributed by atoms with Crippen molar-refractivity contribution in [2.75, 3.05) is 0 Å². The predicted octanol–water partition coefficient (Wildman–Crippen LogP) is 11.3. The zero-order valence-electron chi connectivity index (χ0n) is 30.4. The van der Waals surface area contributed by atoms with Crippen molar-refractivity contribution in [3.05, 3.63) is 179 Å². The lowest BCUT2D eigenvalue weighted by Crippen LogP contribution is -2.38. The van der Waals surface area contributed by atoms with E-state index in [1.165, 1.54) is 22.3 Å². The van der Waals surface area contributed by atoms with Crippen LogP contribution in [-0.4, -0.2) is 24.1 Å². The molecule has 0 radical (unpaired) electrons. The maximum atomic E-state index is 14.2. The van der Waals surface area contributed by atoms with Crippen LogP contribution in [0.3, 0.4) is 0 Å². The van der Waals surface area contributed by atoms with E-state index in [2.05, 4.69) is 111 Å². The molecule has 52 heavy (non-hydrogen) atoms. The van der Waals surface area contributed by atoms with Crippen molar-refractivity contribution >= 4 is 11.9 Å². The van der Waals surface area contributed by atoms with E-state index in [9.17, 15) is 9.59 Å². The van der Waals surface area contributed by atoms with Crippen molar-refractivity contribution in [2.45, 2.75) is 76.4 Å². The van der Waals surface area contributed by atoms with Gasteiger partial charge in [-0.15, -0.1) is 0 Å². The van der Waals surface area contributed by atoms with E-state index < -0.39 is 11.9 Å². The lowest BCUT2D eigenvalue weighted by molar-refractivity contribution is -0.0143. The first-order valence-electron chi connectivity index (χ1n) is 19.2. The van der Waals surface area contributed by atoms with E-state index in [0.29, 0.717) is 11.8 Å². The van der Waals surface area contributed by atoms with Gasteiger partial charge in [0.25, 0.3) is 0 Å². The third-order valence-corrected chi connectivity index (χ3v) is 11.6. The van der Waals surface area contributed by atoms with Gasteiger partial charge in [0.2, 0.25) is 0 Å². The summed E-state index contributed by atoms with van der Waals surface area (Å²) < 4.78 is 13.0. The minimum Gasteiger partial charge on any atom is -0.458 e. The number of ether oxygens (including phenoxy) is 2. The maximum absolute atomic E-state index is 14.2. The normalized spacial score (nSPS) is 23.2. The average Bonchev–Trinajstić information content (AvgIpc) is 3.18. The van der Waals surface area contributed by atoms with Gasteiger partial charge < -0.3 is 9.47 Å². The Morgan fingerprint density at radius 1 is 0.442 bits per heavy atom. The molecule has 5 aromatic carbocycles. The van der Waals surface area contributed by atoms with Gasteiger partial charge >= 0.3 is 11.9 Å². The smallest absolute Gasteiger partial charge is 0.339 e. The quantitative estimate of drug-likeness (QED) is 0.137. The highest BCUT2D eigenvalue weighted by molar-refractivity contribution is 6.03. The second kappa shape index (κ2) is 16.6. The fourth-order valence-corrected chi connectivity index (χ4v) is 8.99. The molecule has 0 heterocycles. The van der Waals surface area contributed by atoms with Crippen LogP contribution in [0.2, 0.25) is 0 Å². The SMILES string of the molecule is C[C@@H]1CC[C@@H](C(c2ccccc2)c2ccccc2)[C@H](OC(=O)c2ccccc2C(=O)O[C@@H]2C[C@H](C)CC[C@H]2C(c2ccccc2)c2ccccc2)C1. The Morgan fingerprint density at radius 2 is 0.731 bits per heavy atom. The summed E-state index contributed by atoms with van der Waals surface area (Å²) in [5, 5.41) is 0. The molecule has 4 heteroatoms. The molecule has 2 aliphatic rings. The highest BCUT2D eigenvalue weighted by Crippen LogP contribution is 2.45. The molecular weight excluding hydrogens is 641 g/mol.